The van der Waals surface area contributed by atoms with Crippen LogP contribution in [0.25, 0.3) is 6.08 Å². The predicted molar refractivity (Wildman–Crippen MR) is 77.0 cm³/mol. The molecule has 0 aliphatic carbocycles. The van der Waals surface area contributed by atoms with Crippen molar-refractivity contribution in [3.63, 3.8) is 0 Å². The molecule has 0 bridgehead atoms. The summed E-state index contributed by atoms with van der Waals surface area (Å²) in [6.45, 7) is 0. The highest BCUT2D eigenvalue weighted by atomic mass is 79.9. The second kappa shape index (κ2) is 6.93. The number of nitrogens with one attached hydrogen (secondary N) is 1. The van der Waals surface area contributed by atoms with Crippen molar-refractivity contribution in [3.8, 4) is 11.8 Å². The van der Waals surface area contributed by atoms with Crippen molar-refractivity contribution >= 4 is 45.5 Å². The lowest BCUT2D eigenvalue weighted by Crippen LogP contribution is -2.35. The molecule has 0 spiro atoms. The maximum Gasteiger partial charge on any atom is 0.319 e. The summed E-state index contributed by atoms with van der Waals surface area (Å²) in [5, 5.41) is 11.0. The number of carbonyl (C=O) groups excluding carboxylic acids is 2. The summed E-state index contributed by atoms with van der Waals surface area (Å²) in [4.78, 5) is 22.1. The smallest absolute Gasteiger partial charge is 0.319 e. The van der Waals surface area contributed by atoms with Crippen molar-refractivity contribution in [2.75, 3.05) is 7.11 Å². The molecule has 1 rings (SSSR count). The number of methoxy groups -OCH3 is 1. The molecular formula is C12H9BrClN3O3. The maximum atomic E-state index is 11.5. The summed E-state index contributed by atoms with van der Waals surface area (Å²) in [7, 11) is 1.46. The number of nitriles is 1. The van der Waals surface area contributed by atoms with E-state index in [2.05, 4.69) is 15.9 Å². The molecule has 0 aromatic heterocycles. The lowest BCUT2D eigenvalue weighted by molar-refractivity contribution is -0.115. The van der Waals surface area contributed by atoms with Gasteiger partial charge < -0.3 is 10.5 Å². The minimum absolute atomic E-state index is 0.281. The average Bonchev–Trinajstić information content (AvgIpc) is 2.34. The molecular weight excluding hydrogens is 350 g/mol. The van der Waals surface area contributed by atoms with Crippen LogP contribution >= 0.6 is 27.5 Å². The van der Waals surface area contributed by atoms with Crippen LogP contribution in [-0.4, -0.2) is 19.0 Å². The number of halogens is 2. The molecule has 3 amide bonds. The Hall–Kier alpha value is -2.04. The van der Waals surface area contributed by atoms with E-state index in [1.807, 2.05) is 0 Å². The highest BCUT2D eigenvalue weighted by Crippen LogP contribution is 2.34. The molecule has 0 aliphatic rings. The molecule has 104 valence electrons. The largest absolute Gasteiger partial charge is 0.494 e. The number of imide groups is 1. The predicted octanol–water partition coefficient (Wildman–Crippen LogP) is 2.21. The zero-order chi connectivity index (χ0) is 15.3. The van der Waals surface area contributed by atoms with Gasteiger partial charge >= 0.3 is 6.03 Å². The molecule has 0 saturated heterocycles. The molecule has 0 fully saturated rings. The van der Waals surface area contributed by atoms with Crippen molar-refractivity contribution in [3.05, 3.63) is 32.8 Å². The third-order valence-electron chi connectivity index (χ3n) is 2.14. The first-order valence-electron chi connectivity index (χ1n) is 5.14. The van der Waals surface area contributed by atoms with Gasteiger partial charge in [0.05, 0.1) is 16.6 Å². The number of primary amides is 1. The Bertz CT molecular complexity index is 614. The highest BCUT2D eigenvalue weighted by Gasteiger charge is 2.12. The Morgan fingerprint density at radius 2 is 2.20 bits per heavy atom. The van der Waals surface area contributed by atoms with E-state index in [9.17, 15) is 9.59 Å². The lowest BCUT2D eigenvalue weighted by Gasteiger charge is -2.07. The topological polar surface area (TPSA) is 105 Å². The van der Waals surface area contributed by atoms with Crippen LogP contribution in [0.5, 0.6) is 5.75 Å². The van der Waals surface area contributed by atoms with Crippen LogP contribution in [-0.2, 0) is 4.79 Å². The number of benzene rings is 1. The maximum absolute atomic E-state index is 11.5. The Labute approximate surface area is 128 Å². The monoisotopic (exact) mass is 357 g/mol. The van der Waals surface area contributed by atoms with Gasteiger partial charge in [-0.3, -0.25) is 10.1 Å². The first-order chi connectivity index (χ1) is 9.38. The molecule has 6 nitrogen and oxygen atoms in total. The normalized spacial score (nSPS) is 10.6. The fourth-order valence-electron chi connectivity index (χ4n) is 1.35. The van der Waals surface area contributed by atoms with E-state index in [1.165, 1.54) is 19.3 Å². The van der Waals surface area contributed by atoms with E-state index in [0.717, 1.165) is 0 Å². The molecule has 8 heteroatoms. The number of amides is 3. The fourth-order valence-corrected chi connectivity index (χ4v) is 2.41. The van der Waals surface area contributed by atoms with Crippen LogP contribution in [0.4, 0.5) is 4.79 Å². The van der Waals surface area contributed by atoms with Gasteiger partial charge in [0, 0.05) is 0 Å². The minimum Gasteiger partial charge on any atom is -0.494 e. The Morgan fingerprint density at radius 1 is 1.55 bits per heavy atom. The summed E-state index contributed by atoms with van der Waals surface area (Å²) >= 11 is 9.23. The number of carbonyl (C=O) groups is 2. The molecule has 0 aliphatic heterocycles. The quantitative estimate of drug-likeness (QED) is 0.638. The molecule has 1 aromatic rings. The number of hydrogen-bond donors (Lipinski definition) is 2. The molecule has 0 unspecified atom stereocenters. The zero-order valence-corrected chi connectivity index (χ0v) is 12.6. The van der Waals surface area contributed by atoms with Gasteiger partial charge in [-0.1, -0.05) is 11.6 Å². The van der Waals surface area contributed by atoms with Crippen molar-refractivity contribution < 1.29 is 14.3 Å². The number of urea groups is 1. The van der Waals surface area contributed by atoms with Crippen molar-refractivity contribution in [1.82, 2.24) is 5.32 Å². The zero-order valence-electron chi connectivity index (χ0n) is 10.2. The number of rotatable bonds is 3. The molecule has 20 heavy (non-hydrogen) atoms. The van der Waals surface area contributed by atoms with Crippen molar-refractivity contribution in [2.24, 2.45) is 5.73 Å². The van der Waals surface area contributed by atoms with Crippen molar-refractivity contribution in [2.45, 2.75) is 0 Å². The molecule has 0 saturated carbocycles. The van der Waals surface area contributed by atoms with Gasteiger partial charge in [-0.15, -0.1) is 0 Å². The molecule has 0 atom stereocenters. The second-order valence-electron chi connectivity index (χ2n) is 3.51. The van der Waals surface area contributed by atoms with E-state index < -0.39 is 11.9 Å². The van der Waals surface area contributed by atoms with Gasteiger partial charge in [0.25, 0.3) is 5.91 Å². The molecule has 3 N–H and O–H groups in total. The Morgan fingerprint density at radius 3 is 2.65 bits per heavy atom. The van der Waals surface area contributed by atoms with E-state index in [-0.39, 0.29) is 5.57 Å². The summed E-state index contributed by atoms with van der Waals surface area (Å²) in [5.74, 6) is -0.452. The van der Waals surface area contributed by atoms with Crippen LogP contribution in [0.1, 0.15) is 5.56 Å². The molecule has 0 heterocycles. The van der Waals surface area contributed by atoms with E-state index in [0.29, 0.717) is 20.8 Å². The van der Waals surface area contributed by atoms with Crippen molar-refractivity contribution in [1.29, 1.82) is 5.26 Å². The van der Waals surface area contributed by atoms with Gasteiger partial charge in [0.15, 0.2) is 5.75 Å². The first kappa shape index (κ1) is 16.0. The van der Waals surface area contributed by atoms with Gasteiger partial charge in [-0.2, -0.15) is 5.26 Å². The number of nitrogens with zero attached hydrogens (tertiary/aromatic N) is 1. The number of ether oxygens (including phenoxy) is 1. The second-order valence-corrected chi connectivity index (χ2v) is 4.77. The number of nitrogens with two attached hydrogens (primary N) is 1. The van der Waals surface area contributed by atoms with Crippen LogP contribution in [0.2, 0.25) is 5.02 Å². The SMILES string of the molecule is COc1c(Cl)cc(/C=C(/C#N)C(=O)NC(N)=O)cc1Br. The molecule has 1 aromatic carbocycles. The van der Waals surface area contributed by atoms with Crippen LogP contribution < -0.4 is 15.8 Å². The number of hydrogen-bond acceptors (Lipinski definition) is 4. The lowest BCUT2D eigenvalue weighted by atomic mass is 10.1. The van der Waals surface area contributed by atoms with E-state index >= 15 is 0 Å². The van der Waals surface area contributed by atoms with Gasteiger partial charge in [-0.25, -0.2) is 4.79 Å². The highest BCUT2D eigenvalue weighted by molar-refractivity contribution is 9.10. The van der Waals surface area contributed by atoms with E-state index in [4.69, 9.17) is 27.3 Å². The summed E-state index contributed by atoms with van der Waals surface area (Å²) < 4.78 is 5.62. The third-order valence-corrected chi connectivity index (χ3v) is 3.01. The summed E-state index contributed by atoms with van der Waals surface area (Å²) in [5.41, 5.74) is 5.02. The standard InChI is InChI=1S/C12H9BrClN3O3/c1-20-10-8(13)3-6(4-9(10)14)2-7(5-15)11(18)17-12(16)19/h2-4H,1H3,(H3,16,17,18,19)/b7-2-. The fraction of sp³-hybridized carbons (Fsp3) is 0.0833. The third kappa shape index (κ3) is 3.98. The Balaban J connectivity index is 3.18. The van der Waals surface area contributed by atoms with Crippen LogP contribution in [0.15, 0.2) is 22.2 Å². The van der Waals surface area contributed by atoms with Crippen LogP contribution in [0, 0.1) is 11.3 Å². The average molecular weight is 359 g/mol. The Kier molecular flexibility index (Phi) is 5.55. The summed E-state index contributed by atoms with van der Waals surface area (Å²) in [6, 6.07) is 3.76. The molecule has 0 radical (unpaired) electrons. The van der Waals surface area contributed by atoms with E-state index in [1.54, 1.807) is 17.5 Å². The first-order valence-corrected chi connectivity index (χ1v) is 6.31. The van der Waals surface area contributed by atoms with Gasteiger partial charge in [0.1, 0.15) is 11.6 Å². The summed E-state index contributed by atoms with van der Waals surface area (Å²) in [6.07, 6.45) is 1.27. The van der Waals surface area contributed by atoms with Gasteiger partial charge in [0.2, 0.25) is 0 Å². The van der Waals surface area contributed by atoms with Gasteiger partial charge in [-0.05, 0) is 39.7 Å². The minimum atomic E-state index is -1.04. The van der Waals surface area contributed by atoms with Crippen LogP contribution in [0.3, 0.4) is 0 Å².